The van der Waals surface area contributed by atoms with Gasteiger partial charge in [0.1, 0.15) is 11.6 Å². The van der Waals surface area contributed by atoms with Gasteiger partial charge in [-0.15, -0.1) is 0 Å². The molecular weight excluding hydrogens is 255 g/mol. The smallest absolute Gasteiger partial charge is 0.219 e. The summed E-state index contributed by atoms with van der Waals surface area (Å²) in [4.78, 5) is 4.43. The van der Waals surface area contributed by atoms with Gasteiger partial charge in [0.05, 0.1) is 0 Å². The molecule has 20 heavy (non-hydrogen) atoms. The maximum absolute atomic E-state index is 12.8. The van der Waals surface area contributed by atoms with E-state index in [4.69, 9.17) is 4.74 Å². The number of hydrogen-bond donors (Lipinski definition) is 1. The molecule has 1 heterocycles. The number of rotatable bonds is 5. The predicted molar refractivity (Wildman–Crippen MR) is 75.3 cm³/mol. The molecule has 1 aromatic heterocycles. The second kappa shape index (κ2) is 5.59. The maximum atomic E-state index is 12.8. The van der Waals surface area contributed by atoms with E-state index in [-0.39, 0.29) is 5.82 Å². The molecule has 0 amide bonds. The molecule has 1 aromatic carbocycles. The summed E-state index contributed by atoms with van der Waals surface area (Å²) in [7, 11) is 0. The first-order chi connectivity index (χ1) is 9.70. The largest absolute Gasteiger partial charge is 0.439 e. The number of nitrogens with zero attached hydrogens (tertiary/aromatic N) is 1. The molecule has 1 saturated carbocycles. The minimum atomic E-state index is -0.275. The third-order valence-electron chi connectivity index (χ3n) is 3.36. The molecule has 0 unspecified atom stereocenters. The molecule has 0 saturated heterocycles. The minimum absolute atomic E-state index is 0.275. The van der Waals surface area contributed by atoms with Crippen LogP contribution in [0.4, 0.5) is 4.39 Å². The zero-order valence-corrected chi connectivity index (χ0v) is 11.4. The van der Waals surface area contributed by atoms with Gasteiger partial charge in [-0.3, -0.25) is 0 Å². The van der Waals surface area contributed by atoms with Crippen molar-refractivity contribution in [1.82, 2.24) is 10.3 Å². The fourth-order valence-electron chi connectivity index (χ4n) is 1.98. The molecule has 0 spiro atoms. The van der Waals surface area contributed by atoms with E-state index in [0.717, 1.165) is 12.2 Å². The molecule has 1 aliphatic carbocycles. The number of halogens is 1. The normalized spacial score (nSPS) is 14.3. The molecule has 2 aromatic rings. The van der Waals surface area contributed by atoms with Crippen molar-refractivity contribution in [3.63, 3.8) is 0 Å². The lowest BCUT2D eigenvalue weighted by molar-refractivity contribution is 0.459. The highest BCUT2D eigenvalue weighted by molar-refractivity contribution is 5.30. The molecule has 104 valence electrons. The van der Waals surface area contributed by atoms with Gasteiger partial charge in [-0.05, 0) is 49.6 Å². The standard InChI is InChI=1S/C16H17FN2O/c1-11-12(10-18-14-5-6-14)2-9-16(19-11)20-15-7-3-13(17)4-8-15/h2-4,7-9,14,18H,5-6,10H2,1H3. The highest BCUT2D eigenvalue weighted by atomic mass is 19.1. The summed E-state index contributed by atoms with van der Waals surface area (Å²) in [5.74, 6) is 0.842. The van der Waals surface area contributed by atoms with Crippen LogP contribution in [0.25, 0.3) is 0 Å². The lowest BCUT2D eigenvalue weighted by Gasteiger charge is -2.09. The first-order valence-electron chi connectivity index (χ1n) is 6.84. The molecule has 1 fully saturated rings. The molecular formula is C16H17FN2O. The van der Waals surface area contributed by atoms with Crippen molar-refractivity contribution in [2.75, 3.05) is 0 Å². The lowest BCUT2D eigenvalue weighted by atomic mass is 10.2. The van der Waals surface area contributed by atoms with Gasteiger partial charge < -0.3 is 10.1 Å². The Balaban J connectivity index is 1.67. The first kappa shape index (κ1) is 13.1. The van der Waals surface area contributed by atoms with Crippen molar-refractivity contribution < 1.29 is 9.13 Å². The predicted octanol–water partition coefficient (Wildman–Crippen LogP) is 3.57. The molecule has 3 rings (SSSR count). The Labute approximate surface area is 117 Å². The quantitative estimate of drug-likeness (QED) is 0.903. The maximum Gasteiger partial charge on any atom is 0.219 e. The Kier molecular flexibility index (Phi) is 3.65. The van der Waals surface area contributed by atoms with Crippen LogP contribution >= 0.6 is 0 Å². The van der Waals surface area contributed by atoms with E-state index in [1.807, 2.05) is 19.1 Å². The van der Waals surface area contributed by atoms with Crippen molar-refractivity contribution in [1.29, 1.82) is 0 Å². The van der Waals surface area contributed by atoms with Crippen molar-refractivity contribution in [2.45, 2.75) is 32.4 Å². The van der Waals surface area contributed by atoms with Gasteiger partial charge in [0.15, 0.2) is 0 Å². The van der Waals surface area contributed by atoms with Gasteiger partial charge in [0.25, 0.3) is 0 Å². The van der Waals surface area contributed by atoms with Gasteiger partial charge >= 0.3 is 0 Å². The van der Waals surface area contributed by atoms with Crippen LogP contribution in [-0.4, -0.2) is 11.0 Å². The van der Waals surface area contributed by atoms with E-state index in [9.17, 15) is 4.39 Å². The SMILES string of the molecule is Cc1nc(Oc2ccc(F)cc2)ccc1CNC1CC1. The molecule has 0 bridgehead atoms. The van der Waals surface area contributed by atoms with Gasteiger partial charge in [-0.25, -0.2) is 9.37 Å². The van der Waals surface area contributed by atoms with Gasteiger partial charge in [0.2, 0.25) is 5.88 Å². The second-order valence-corrected chi connectivity index (χ2v) is 5.11. The number of aryl methyl sites for hydroxylation is 1. The van der Waals surface area contributed by atoms with E-state index in [0.29, 0.717) is 17.7 Å². The molecule has 1 N–H and O–H groups in total. The number of benzene rings is 1. The summed E-state index contributed by atoms with van der Waals surface area (Å²) in [6, 6.07) is 10.5. The Morgan fingerprint density at radius 3 is 2.60 bits per heavy atom. The Bertz CT molecular complexity index is 594. The second-order valence-electron chi connectivity index (χ2n) is 5.11. The topological polar surface area (TPSA) is 34.1 Å². The first-order valence-corrected chi connectivity index (χ1v) is 6.84. The zero-order chi connectivity index (χ0) is 13.9. The number of nitrogens with one attached hydrogen (secondary N) is 1. The minimum Gasteiger partial charge on any atom is -0.439 e. The van der Waals surface area contributed by atoms with Crippen LogP contribution in [0, 0.1) is 12.7 Å². The number of aromatic nitrogens is 1. The van der Waals surface area contributed by atoms with E-state index in [2.05, 4.69) is 10.3 Å². The Hall–Kier alpha value is -1.94. The van der Waals surface area contributed by atoms with Crippen molar-refractivity contribution in [3.05, 3.63) is 53.5 Å². The van der Waals surface area contributed by atoms with E-state index < -0.39 is 0 Å². The van der Waals surface area contributed by atoms with E-state index in [1.165, 1.54) is 30.5 Å². The average molecular weight is 272 g/mol. The van der Waals surface area contributed by atoms with Crippen LogP contribution in [0.2, 0.25) is 0 Å². The highest BCUT2D eigenvalue weighted by Gasteiger charge is 2.20. The molecule has 4 heteroatoms. The number of pyridine rings is 1. The van der Waals surface area contributed by atoms with Crippen molar-refractivity contribution in [3.8, 4) is 11.6 Å². The van der Waals surface area contributed by atoms with Crippen LogP contribution in [0.15, 0.2) is 36.4 Å². The molecule has 3 nitrogen and oxygen atoms in total. The average Bonchev–Trinajstić information content (AvgIpc) is 3.25. The highest BCUT2D eigenvalue weighted by Crippen LogP contribution is 2.22. The summed E-state index contributed by atoms with van der Waals surface area (Å²) >= 11 is 0. The Morgan fingerprint density at radius 1 is 1.20 bits per heavy atom. The van der Waals surface area contributed by atoms with E-state index in [1.54, 1.807) is 12.1 Å². The Morgan fingerprint density at radius 2 is 1.95 bits per heavy atom. The van der Waals surface area contributed by atoms with Gasteiger partial charge in [-0.1, -0.05) is 6.07 Å². The third kappa shape index (κ3) is 3.33. The molecule has 0 atom stereocenters. The fourth-order valence-corrected chi connectivity index (χ4v) is 1.98. The number of hydrogen-bond acceptors (Lipinski definition) is 3. The summed E-state index contributed by atoms with van der Waals surface area (Å²) in [5, 5.41) is 3.47. The van der Waals surface area contributed by atoms with Crippen molar-refractivity contribution in [2.24, 2.45) is 0 Å². The monoisotopic (exact) mass is 272 g/mol. The van der Waals surface area contributed by atoms with Crippen LogP contribution in [0.3, 0.4) is 0 Å². The van der Waals surface area contributed by atoms with Crippen LogP contribution in [0.1, 0.15) is 24.1 Å². The molecule has 0 aliphatic heterocycles. The summed E-state index contributed by atoms with van der Waals surface area (Å²) < 4.78 is 18.4. The third-order valence-corrected chi connectivity index (χ3v) is 3.36. The van der Waals surface area contributed by atoms with Crippen LogP contribution in [0.5, 0.6) is 11.6 Å². The fraction of sp³-hybridized carbons (Fsp3) is 0.312. The van der Waals surface area contributed by atoms with Crippen LogP contribution in [-0.2, 0) is 6.54 Å². The number of ether oxygens (including phenoxy) is 1. The van der Waals surface area contributed by atoms with Crippen molar-refractivity contribution >= 4 is 0 Å². The van der Waals surface area contributed by atoms with Gasteiger partial charge in [-0.2, -0.15) is 0 Å². The summed E-state index contributed by atoms with van der Waals surface area (Å²) in [6.45, 7) is 2.82. The van der Waals surface area contributed by atoms with Gasteiger partial charge in [0, 0.05) is 24.3 Å². The molecule has 1 aliphatic rings. The lowest BCUT2D eigenvalue weighted by Crippen LogP contribution is -2.16. The summed E-state index contributed by atoms with van der Waals surface area (Å²) in [6.07, 6.45) is 2.55. The molecule has 0 radical (unpaired) electrons. The zero-order valence-electron chi connectivity index (χ0n) is 11.4. The van der Waals surface area contributed by atoms with E-state index >= 15 is 0 Å². The summed E-state index contributed by atoms with van der Waals surface area (Å²) in [5.41, 5.74) is 2.14. The van der Waals surface area contributed by atoms with Crippen LogP contribution < -0.4 is 10.1 Å².